The van der Waals surface area contributed by atoms with Crippen molar-refractivity contribution in [1.29, 1.82) is 0 Å². The van der Waals surface area contributed by atoms with Crippen LogP contribution in [0.25, 0.3) is 0 Å². The Hall–Kier alpha value is -1.89. The van der Waals surface area contributed by atoms with Crippen LogP contribution in [-0.2, 0) is 0 Å². The highest BCUT2D eigenvalue weighted by atomic mass is 16.1. The maximum absolute atomic E-state index is 12.3. The molecule has 0 radical (unpaired) electrons. The van der Waals surface area contributed by atoms with Crippen LogP contribution in [0.1, 0.15) is 40.9 Å². The third kappa shape index (κ3) is 3.07. The van der Waals surface area contributed by atoms with Gasteiger partial charge in [0.05, 0.1) is 0 Å². The van der Waals surface area contributed by atoms with Crippen LogP contribution in [0.3, 0.4) is 0 Å². The van der Waals surface area contributed by atoms with Crippen LogP contribution < -0.4 is 0 Å². The lowest BCUT2D eigenvalue weighted by Gasteiger charge is -2.06. The van der Waals surface area contributed by atoms with Crippen molar-refractivity contribution in [1.82, 2.24) is 0 Å². The Balaban J connectivity index is 0.000000771. The van der Waals surface area contributed by atoms with Crippen LogP contribution in [0.15, 0.2) is 48.5 Å². The molecule has 2 aromatic rings. The van der Waals surface area contributed by atoms with Crippen molar-refractivity contribution in [3.63, 3.8) is 0 Å². The zero-order chi connectivity index (χ0) is 13.5. The van der Waals surface area contributed by atoms with Gasteiger partial charge in [-0.2, -0.15) is 0 Å². The molecule has 0 aliphatic carbocycles. The van der Waals surface area contributed by atoms with Crippen LogP contribution in [-0.4, -0.2) is 5.78 Å². The average molecular weight is 240 g/mol. The van der Waals surface area contributed by atoms with Gasteiger partial charge >= 0.3 is 0 Å². The first-order valence-electron chi connectivity index (χ1n) is 6.36. The number of benzene rings is 2. The van der Waals surface area contributed by atoms with Gasteiger partial charge in [0.1, 0.15) is 0 Å². The summed E-state index contributed by atoms with van der Waals surface area (Å²) in [5.74, 6) is 0.108. The zero-order valence-electron chi connectivity index (χ0n) is 11.5. The van der Waals surface area contributed by atoms with Crippen molar-refractivity contribution in [3.8, 4) is 0 Å². The fourth-order valence-corrected chi connectivity index (χ4v) is 1.80. The topological polar surface area (TPSA) is 17.1 Å². The molecule has 1 heteroatoms. The number of aryl methyl sites for hydroxylation is 2. The number of hydrogen-bond acceptors (Lipinski definition) is 1. The van der Waals surface area contributed by atoms with Gasteiger partial charge in [-0.15, -0.1) is 0 Å². The Bertz CT molecular complexity index is 479. The van der Waals surface area contributed by atoms with E-state index in [9.17, 15) is 4.79 Å². The molecule has 0 bridgehead atoms. The summed E-state index contributed by atoms with van der Waals surface area (Å²) in [5.41, 5.74) is 3.63. The molecule has 0 aliphatic heterocycles. The molecular weight excluding hydrogens is 220 g/mol. The number of rotatable bonds is 2. The lowest BCUT2D eigenvalue weighted by molar-refractivity contribution is 0.103. The monoisotopic (exact) mass is 240 g/mol. The van der Waals surface area contributed by atoms with Crippen molar-refractivity contribution >= 4 is 5.78 Å². The SMILES string of the molecule is CC.Cc1ccccc1C(=O)c1ccccc1C. The lowest BCUT2D eigenvalue weighted by Crippen LogP contribution is -2.05. The van der Waals surface area contributed by atoms with Gasteiger partial charge in [0, 0.05) is 11.1 Å². The van der Waals surface area contributed by atoms with Gasteiger partial charge in [-0.25, -0.2) is 0 Å². The van der Waals surface area contributed by atoms with E-state index in [1.54, 1.807) is 0 Å². The summed E-state index contributed by atoms with van der Waals surface area (Å²) >= 11 is 0. The standard InChI is InChI=1S/C15H14O.C2H6/c1-11-7-3-5-9-13(11)15(16)14-10-6-4-8-12(14)2;1-2/h3-10H,1-2H3;1-2H3. The van der Waals surface area contributed by atoms with Crippen LogP contribution in [0.5, 0.6) is 0 Å². The Labute approximate surface area is 109 Å². The second-order valence-corrected chi connectivity index (χ2v) is 3.96. The van der Waals surface area contributed by atoms with Crippen molar-refractivity contribution in [2.75, 3.05) is 0 Å². The van der Waals surface area contributed by atoms with Gasteiger partial charge in [0.15, 0.2) is 5.78 Å². The van der Waals surface area contributed by atoms with E-state index in [0.29, 0.717) is 0 Å². The molecule has 2 aromatic carbocycles. The summed E-state index contributed by atoms with van der Waals surface area (Å²) in [7, 11) is 0. The Morgan fingerprint density at radius 2 is 1.06 bits per heavy atom. The van der Waals surface area contributed by atoms with E-state index in [1.807, 2.05) is 76.2 Å². The predicted octanol–water partition coefficient (Wildman–Crippen LogP) is 4.56. The molecule has 0 spiro atoms. The summed E-state index contributed by atoms with van der Waals surface area (Å²) < 4.78 is 0. The van der Waals surface area contributed by atoms with Gasteiger partial charge < -0.3 is 0 Å². The second-order valence-electron chi connectivity index (χ2n) is 3.96. The Kier molecular flexibility index (Phi) is 5.31. The first-order chi connectivity index (χ1) is 8.70. The normalized spacial score (nSPS) is 9.33. The maximum Gasteiger partial charge on any atom is 0.193 e. The molecule has 0 aliphatic rings. The van der Waals surface area contributed by atoms with Crippen molar-refractivity contribution in [2.45, 2.75) is 27.7 Å². The summed E-state index contributed by atoms with van der Waals surface area (Å²) in [5, 5.41) is 0. The molecule has 0 amide bonds. The first-order valence-corrected chi connectivity index (χ1v) is 6.36. The second kappa shape index (κ2) is 6.75. The number of carbonyl (C=O) groups is 1. The van der Waals surface area contributed by atoms with E-state index >= 15 is 0 Å². The zero-order valence-corrected chi connectivity index (χ0v) is 11.5. The van der Waals surface area contributed by atoms with Crippen molar-refractivity contribution < 1.29 is 4.79 Å². The van der Waals surface area contributed by atoms with Gasteiger partial charge in [0.25, 0.3) is 0 Å². The smallest absolute Gasteiger partial charge is 0.193 e. The molecule has 0 saturated carbocycles. The number of ketones is 1. The average Bonchev–Trinajstić information content (AvgIpc) is 2.41. The van der Waals surface area contributed by atoms with E-state index in [1.165, 1.54) is 0 Å². The molecule has 0 heterocycles. The molecule has 0 N–H and O–H groups in total. The van der Waals surface area contributed by atoms with E-state index in [2.05, 4.69) is 0 Å². The van der Waals surface area contributed by atoms with Crippen LogP contribution in [0, 0.1) is 13.8 Å². The van der Waals surface area contributed by atoms with Gasteiger partial charge in [0.2, 0.25) is 0 Å². The molecule has 2 rings (SSSR count). The Morgan fingerprint density at radius 1 is 0.722 bits per heavy atom. The number of carbonyl (C=O) groups excluding carboxylic acids is 1. The quantitative estimate of drug-likeness (QED) is 0.703. The highest BCUT2D eigenvalue weighted by Gasteiger charge is 2.12. The van der Waals surface area contributed by atoms with E-state index in [4.69, 9.17) is 0 Å². The molecule has 0 saturated heterocycles. The fraction of sp³-hybridized carbons (Fsp3) is 0.235. The maximum atomic E-state index is 12.3. The summed E-state index contributed by atoms with van der Waals surface area (Å²) in [6.07, 6.45) is 0. The van der Waals surface area contributed by atoms with Crippen molar-refractivity contribution in [3.05, 3.63) is 70.8 Å². The number of hydrogen-bond donors (Lipinski definition) is 0. The minimum Gasteiger partial charge on any atom is -0.289 e. The first kappa shape index (κ1) is 14.2. The van der Waals surface area contributed by atoms with Gasteiger partial charge in [-0.1, -0.05) is 62.4 Å². The molecule has 18 heavy (non-hydrogen) atoms. The summed E-state index contributed by atoms with van der Waals surface area (Å²) in [4.78, 5) is 12.3. The van der Waals surface area contributed by atoms with E-state index in [0.717, 1.165) is 22.3 Å². The van der Waals surface area contributed by atoms with E-state index < -0.39 is 0 Å². The molecular formula is C17H20O. The van der Waals surface area contributed by atoms with E-state index in [-0.39, 0.29) is 5.78 Å². The molecule has 94 valence electrons. The van der Waals surface area contributed by atoms with Crippen molar-refractivity contribution in [2.24, 2.45) is 0 Å². The molecule has 0 aromatic heterocycles. The van der Waals surface area contributed by atoms with Crippen LogP contribution >= 0.6 is 0 Å². The van der Waals surface area contributed by atoms with Crippen LogP contribution in [0.2, 0.25) is 0 Å². The van der Waals surface area contributed by atoms with Gasteiger partial charge in [-0.05, 0) is 25.0 Å². The molecule has 1 nitrogen and oxygen atoms in total. The molecule has 0 unspecified atom stereocenters. The predicted molar refractivity (Wildman–Crippen MR) is 77.1 cm³/mol. The fourth-order valence-electron chi connectivity index (χ4n) is 1.80. The van der Waals surface area contributed by atoms with Gasteiger partial charge in [-0.3, -0.25) is 4.79 Å². The Morgan fingerprint density at radius 3 is 1.39 bits per heavy atom. The highest BCUT2D eigenvalue weighted by Crippen LogP contribution is 2.16. The minimum absolute atomic E-state index is 0.108. The minimum atomic E-state index is 0.108. The third-order valence-corrected chi connectivity index (χ3v) is 2.78. The summed E-state index contributed by atoms with van der Waals surface area (Å²) in [6.45, 7) is 7.93. The largest absolute Gasteiger partial charge is 0.289 e. The third-order valence-electron chi connectivity index (χ3n) is 2.78. The summed E-state index contributed by atoms with van der Waals surface area (Å²) in [6, 6.07) is 15.4. The highest BCUT2D eigenvalue weighted by molar-refractivity contribution is 6.10. The van der Waals surface area contributed by atoms with Crippen LogP contribution in [0.4, 0.5) is 0 Å². The lowest BCUT2D eigenvalue weighted by atomic mass is 9.96. The molecule has 0 atom stereocenters. The molecule has 0 fully saturated rings.